The van der Waals surface area contributed by atoms with Gasteiger partial charge in [0, 0.05) is 12.1 Å². The van der Waals surface area contributed by atoms with Crippen molar-refractivity contribution in [2.24, 2.45) is 0 Å². The Bertz CT molecular complexity index is 883. The van der Waals surface area contributed by atoms with Crippen LogP contribution in [0.5, 0.6) is 0 Å². The molecule has 0 spiro atoms. The minimum atomic E-state index is -4.18. The molecule has 132 valence electrons. The predicted molar refractivity (Wildman–Crippen MR) is 84.5 cm³/mol. The molecule has 0 aromatic heterocycles. The van der Waals surface area contributed by atoms with E-state index < -0.39 is 38.2 Å². The second-order valence-corrected chi connectivity index (χ2v) is 6.57. The van der Waals surface area contributed by atoms with Crippen LogP contribution in [0.3, 0.4) is 0 Å². The summed E-state index contributed by atoms with van der Waals surface area (Å²) in [6, 6.07) is 10.1. The normalized spacial score (nSPS) is 11.1. The quantitative estimate of drug-likeness (QED) is 0.452. The summed E-state index contributed by atoms with van der Waals surface area (Å²) >= 11 is 0. The lowest BCUT2D eigenvalue weighted by molar-refractivity contribution is -0.384. The number of nitro groups is 1. The van der Waals surface area contributed by atoms with Crippen molar-refractivity contribution in [3.8, 4) is 0 Å². The number of hydrogen-bond donors (Lipinski definition) is 1. The lowest BCUT2D eigenvalue weighted by atomic mass is 10.2. The average Bonchev–Trinajstić information content (AvgIpc) is 2.59. The van der Waals surface area contributed by atoms with Gasteiger partial charge in [0.2, 0.25) is 10.0 Å². The maximum Gasteiger partial charge on any atom is 0.321 e. The number of nitrogens with one attached hydrogen (secondary N) is 1. The Hall–Kier alpha value is -2.85. The molecule has 25 heavy (non-hydrogen) atoms. The highest BCUT2D eigenvalue weighted by molar-refractivity contribution is 7.89. The first-order chi connectivity index (χ1) is 11.8. The molecular weight excluding hydrogens is 355 g/mol. The van der Waals surface area contributed by atoms with Crippen LogP contribution in [-0.2, 0) is 26.2 Å². The van der Waals surface area contributed by atoms with E-state index in [9.17, 15) is 27.7 Å². The van der Waals surface area contributed by atoms with Crippen molar-refractivity contribution in [1.82, 2.24) is 4.72 Å². The van der Waals surface area contributed by atoms with Crippen molar-refractivity contribution in [3.63, 3.8) is 0 Å². The molecule has 2 aromatic carbocycles. The van der Waals surface area contributed by atoms with Gasteiger partial charge in [0.25, 0.3) is 5.69 Å². The van der Waals surface area contributed by atoms with Crippen LogP contribution >= 0.6 is 0 Å². The zero-order chi connectivity index (χ0) is 18.4. The number of hydrogen-bond acceptors (Lipinski definition) is 6. The molecular formula is C15H13FN2O6S. The number of nitrogens with zero attached hydrogens (tertiary/aromatic N) is 1. The molecule has 0 saturated carbocycles. The molecule has 0 radical (unpaired) electrons. The van der Waals surface area contributed by atoms with Crippen LogP contribution in [0.2, 0.25) is 0 Å². The summed E-state index contributed by atoms with van der Waals surface area (Å²) in [6.45, 7) is -0.859. The van der Waals surface area contributed by atoms with E-state index in [4.69, 9.17) is 4.74 Å². The first-order valence-corrected chi connectivity index (χ1v) is 8.41. The number of halogens is 1. The van der Waals surface area contributed by atoms with E-state index in [0.717, 1.165) is 12.1 Å². The highest BCUT2D eigenvalue weighted by Crippen LogP contribution is 2.14. The number of rotatable bonds is 7. The lowest BCUT2D eigenvalue weighted by Gasteiger charge is -2.08. The Morgan fingerprint density at radius 2 is 1.80 bits per heavy atom. The van der Waals surface area contributed by atoms with Crippen molar-refractivity contribution in [3.05, 3.63) is 70.0 Å². The van der Waals surface area contributed by atoms with Crippen LogP contribution in [-0.4, -0.2) is 25.9 Å². The number of carbonyl (C=O) groups excluding carboxylic acids is 1. The van der Waals surface area contributed by atoms with Gasteiger partial charge in [-0.25, -0.2) is 12.8 Å². The smallest absolute Gasteiger partial charge is 0.321 e. The highest BCUT2D eigenvalue weighted by atomic mass is 32.2. The van der Waals surface area contributed by atoms with E-state index in [1.807, 2.05) is 4.72 Å². The molecule has 0 heterocycles. The molecule has 0 amide bonds. The number of esters is 1. The van der Waals surface area contributed by atoms with Gasteiger partial charge in [-0.1, -0.05) is 12.1 Å². The predicted octanol–water partition coefficient (Wildman–Crippen LogP) is 1.76. The number of carbonyl (C=O) groups is 1. The van der Waals surface area contributed by atoms with Crippen LogP contribution < -0.4 is 4.72 Å². The number of ether oxygens (including phenoxy) is 1. The van der Waals surface area contributed by atoms with E-state index >= 15 is 0 Å². The Morgan fingerprint density at radius 3 is 2.40 bits per heavy atom. The van der Waals surface area contributed by atoms with Crippen molar-refractivity contribution in [1.29, 1.82) is 0 Å². The third kappa shape index (κ3) is 5.06. The number of sulfonamides is 1. The summed E-state index contributed by atoms with van der Waals surface area (Å²) in [5, 5.41) is 10.5. The van der Waals surface area contributed by atoms with Crippen molar-refractivity contribution >= 4 is 21.7 Å². The van der Waals surface area contributed by atoms with E-state index in [1.165, 1.54) is 36.4 Å². The van der Waals surface area contributed by atoms with Crippen LogP contribution in [0, 0.1) is 15.9 Å². The zero-order valence-electron chi connectivity index (χ0n) is 12.7. The highest BCUT2D eigenvalue weighted by Gasteiger charge is 2.19. The van der Waals surface area contributed by atoms with Gasteiger partial charge in [-0.3, -0.25) is 14.9 Å². The van der Waals surface area contributed by atoms with Crippen LogP contribution in [0.25, 0.3) is 0 Å². The van der Waals surface area contributed by atoms with Crippen molar-refractivity contribution in [2.45, 2.75) is 11.5 Å². The fourth-order valence-corrected chi connectivity index (χ4v) is 2.87. The van der Waals surface area contributed by atoms with Gasteiger partial charge in [0.1, 0.15) is 23.9 Å². The Morgan fingerprint density at radius 1 is 1.16 bits per heavy atom. The molecule has 8 nitrogen and oxygen atoms in total. The molecule has 1 N–H and O–H groups in total. The van der Waals surface area contributed by atoms with Crippen LogP contribution in [0.4, 0.5) is 10.1 Å². The monoisotopic (exact) mass is 368 g/mol. The average molecular weight is 368 g/mol. The molecule has 10 heteroatoms. The fraction of sp³-hybridized carbons (Fsp3) is 0.133. The first kappa shape index (κ1) is 18.5. The molecule has 2 rings (SSSR count). The SMILES string of the molecule is O=C(CNS(=O)(=O)c1ccccc1F)OCc1ccc([N+](=O)[O-])cc1. The maximum absolute atomic E-state index is 13.5. The van der Waals surface area contributed by atoms with Gasteiger partial charge in [-0.05, 0) is 29.8 Å². The summed E-state index contributed by atoms with van der Waals surface area (Å²) in [4.78, 5) is 21.0. The summed E-state index contributed by atoms with van der Waals surface area (Å²) in [6.07, 6.45) is 0. The van der Waals surface area contributed by atoms with E-state index in [1.54, 1.807) is 0 Å². The molecule has 0 unspecified atom stereocenters. The summed E-state index contributed by atoms with van der Waals surface area (Å²) in [7, 11) is -4.18. The van der Waals surface area contributed by atoms with E-state index in [0.29, 0.717) is 5.56 Å². The number of nitro benzene ring substituents is 1. The minimum absolute atomic E-state index is 0.104. The largest absolute Gasteiger partial charge is 0.460 e. The third-order valence-corrected chi connectivity index (χ3v) is 4.51. The molecule has 2 aromatic rings. The topological polar surface area (TPSA) is 116 Å². The Labute approximate surface area is 142 Å². The molecule has 0 bridgehead atoms. The van der Waals surface area contributed by atoms with Crippen LogP contribution in [0.15, 0.2) is 53.4 Å². The summed E-state index contributed by atoms with van der Waals surface area (Å²) < 4.78 is 44.1. The Balaban J connectivity index is 1.88. The molecule has 0 aliphatic heterocycles. The molecule has 0 fully saturated rings. The number of non-ortho nitro benzene ring substituents is 1. The van der Waals surface area contributed by atoms with Crippen molar-refractivity contribution in [2.75, 3.05) is 6.54 Å². The second-order valence-electron chi connectivity index (χ2n) is 4.84. The van der Waals surface area contributed by atoms with Gasteiger partial charge < -0.3 is 4.74 Å². The van der Waals surface area contributed by atoms with Gasteiger partial charge in [0.15, 0.2) is 0 Å². The Kier molecular flexibility index (Phi) is 5.78. The van der Waals surface area contributed by atoms with Crippen molar-refractivity contribution < 1.29 is 27.3 Å². The van der Waals surface area contributed by atoms with E-state index in [2.05, 4.69) is 0 Å². The van der Waals surface area contributed by atoms with Gasteiger partial charge in [-0.15, -0.1) is 0 Å². The third-order valence-electron chi connectivity index (χ3n) is 3.08. The van der Waals surface area contributed by atoms with Gasteiger partial charge >= 0.3 is 5.97 Å². The van der Waals surface area contributed by atoms with Gasteiger partial charge in [-0.2, -0.15) is 4.72 Å². The summed E-state index contributed by atoms with van der Waals surface area (Å²) in [5.74, 6) is -1.81. The zero-order valence-corrected chi connectivity index (χ0v) is 13.5. The lowest BCUT2D eigenvalue weighted by Crippen LogP contribution is -2.31. The number of benzene rings is 2. The second kappa shape index (κ2) is 7.81. The van der Waals surface area contributed by atoms with Gasteiger partial charge in [0.05, 0.1) is 4.92 Å². The molecule has 0 saturated heterocycles. The molecule has 0 atom stereocenters. The molecule has 0 aliphatic rings. The minimum Gasteiger partial charge on any atom is -0.460 e. The summed E-state index contributed by atoms with van der Waals surface area (Å²) in [5.41, 5.74) is 0.392. The first-order valence-electron chi connectivity index (χ1n) is 6.93. The standard InChI is InChI=1S/C15H13FN2O6S/c16-13-3-1-2-4-14(13)25(22,23)17-9-15(19)24-10-11-5-7-12(8-6-11)18(20)21/h1-8,17H,9-10H2. The van der Waals surface area contributed by atoms with E-state index in [-0.39, 0.29) is 12.3 Å². The maximum atomic E-state index is 13.5. The van der Waals surface area contributed by atoms with Crippen LogP contribution in [0.1, 0.15) is 5.56 Å². The molecule has 0 aliphatic carbocycles. The fourth-order valence-electron chi connectivity index (χ4n) is 1.82.